The Labute approximate surface area is 157 Å². The quantitative estimate of drug-likeness (QED) is 0.853. The van der Waals surface area contributed by atoms with Gasteiger partial charge in [0.2, 0.25) is 0 Å². The van der Waals surface area contributed by atoms with Crippen LogP contribution >= 0.6 is 11.3 Å². The summed E-state index contributed by atoms with van der Waals surface area (Å²) in [6, 6.07) is 6.46. The van der Waals surface area contributed by atoms with Crippen LogP contribution in [0.2, 0.25) is 0 Å². The van der Waals surface area contributed by atoms with Crippen LogP contribution in [0.25, 0.3) is 10.6 Å². The smallest absolute Gasteiger partial charge is 0.263 e. The van der Waals surface area contributed by atoms with Crippen LogP contribution in [0.3, 0.4) is 0 Å². The van der Waals surface area contributed by atoms with Crippen LogP contribution in [-0.2, 0) is 4.74 Å². The summed E-state index contributed by atoms with van der Waals surface area (Å²) in [6.07, 6.45) is 3.71. The third kappa shape index (κ3) is 4.30. The van der Waals surface area contributed by atoms with Gasteiger partial charge < -0.3 is 10.1 Å². The van der Waals surface area contributed by atoms with Crippen LogP contribution in [0, 0.1) is 17.2 Å². The molecule has 1 N–H and O–H groups in total. The van der Waals surface area contributed by atoms with E-state index < -0.39 is 0 Å². The van der Waals surface area contributed by atoms with Crippen molar-refractivity contribution in [3.8, 4) is 10.6 Å². The van der Waals surface area contributed by atoms with Crippen molar-refractivity contribution in [1.29, 1.82) is 0 Å². The molecule has 2 heterocycles. The van der Waals surface area contributed by atoms with E-state index in [0.717, 1.165) is 19.4 Å². The van der Waals surface area contributed by atoms with Crippen molar-refractivity contribution in [3.63, 3.8) is 0 Å². The van der Waals surface area contributed by atoms with Crippen LogP contribution in [-0.4, -0.2) is 30.1 Å². The Balaban J connectivity index is 1.65. The average Bonchev–Trinajstić information content (AvgIpc) is 3.09. The van der Waals surface area contributed by atoms with Crippen LogP contribution in [0.5, 0.6) is 0 Å². The molecule has 0 bridgehead atoms. The number of hydrogen-bond donors (Lipinski definition) is 1. The van der Waals surface area contributed by atoms with Crippen LogP contribution in [0.4, 0.5) is 4.39 Å². The van der Waals surface area contributed by atoms with Gasteiger partial charge in [-0.3, -0.25) is 4.79 Å². The van der Waals surface area contributed by atoms with Crippen LogP contribution in [0.15, 0.2) is 30.5 Å². The largest absolute Gasteiger partial charge is 0.377 e. The molecule has 26 heavy (non-hydrogen) atoms. The fraction of sp³-hybridized carbons (Fsp3) is 0.500. The first-order chi connectivity index (χ1) is 12.4. The second-order valence-electron chi connectivity index (χ2n) is 7.78. The van der Waals surface area contributed by atoms with E-state index in [-0.39, 0.29) is 23.2 Å². The molecule has 3 rings (SSSR count). The highest BCUT2D eigenvalue weighted by Crippen LogP contribution is 2.34. The minimum atomic E-state index is -0.332. The van der Waals surface area contributed by atoms with Gasteiger partial charge >= 0.3 is 0 Å². The van der Waals surface area contributed by atoms with Crippen molar-refractivity contribution in [1.82, 2.24) is 10.3 Å². The van der Waals surface area contributed by atoms with Crippen LogP contribution < -0.4 is 5.32 Å². The highest BCUT2D eigenvalue weighted by Gasteiger charge is 2.35. The van der Waals surface area contributed by atoms with E-state index in [1.165, 1.54) is 23.6 Å². The first-order valence-corrected chi connectivity index (χ1v) is 9.78. The summed E-state index contributed by atoms with van der Waals surface area (Å²) < 4.78 is 19.8. The molecule has 0 spiro atoms. The maximum atomic E-state index is 13.9. The predicted molar refractivity (Wildman–Crippen MR) is 102 cm³/mol. The van der Waals surface area contributed by atoms with E-state index in [4.69, 9.17) is 4.74 Å². The Hall–Kier alpha value is -1.79. The fourth-order valence-electron chi connectivity index (χ4n) is 3.46. The van der Waals surface area contributed by atoms with Gasteiger partial charge in [0.1, 0.15) is 15.7 Å². The highest BCUT2D eigenvalue weighted by molar-refractivity contribution is 7.16. The van der Waals surface area contributed by atoms with Gasteiger partial charge in [-0.2, -0.15) is 0 Å². The third-order valence-corrected chi connectivity index (χ3v) is 5.69. The molecule has 1 aromatic carbocycles. The Kier molecular flexibility index (Phi) is 5.73. The van der Waals surface area contributed by atoms with E-state index in [1.54, 1.807) is 18.2 Å². The summed E-state index contributed by atoms with van der Waals surface area (Å²) >= 11 is 1.21. The van der Waals surface area contributed by atoms with Crippen molar-refractivity contribution >= 4 is 17.2 Å². The lowest BCUT2D eigenvalue weighted by Crippen LogP contribution is -2.45. The maximum absolute atomic E-state index is 13.9. The van der Waals surface area contributed by atoms with Gasteiger partial charge in [-0.05, 0) is 30.4 Å². The zero-order chi connectivity index (χ0) is 18.7. The van der Waals surface area contributed by atoms with Gasteiger partial charge in [0.05, 0.1) is 12.3 Å². The number of ether oxygens (including phenoxy) is 1. The fourth-order valence-corrected chi connectivity index (χ4v) is 4.32. The number of hydrogen-bond acceptors (Lipinski definition) is 4. The summed E-state index contributed by atoms with van der Waals surface area (Å²) in [7, 11) is 0. The molecule has 2 aromatic rings. The molecule has 1 aliphatic heterocycles. The van der Waals surface area contributed by atoms with Gasteiger partial charge in [-0.1, -0.05) is 32.9 Å². The van der Waals surface area contributed by atoms with E-state index in [0.29, 0.717) is 27.9 Å². The average molecular weight is 376 g/mol. The van der Waals surface area contributed by atoms with Gasteiger partial charge in [-0.15, -0.1) is 11.3 Å². The summed E-state index contributed by atoms with van der Waals surface area (Å²) in [5.41, 5.74) is 0.461. The van der Waals surface area contributed by atoms with E-state index >= 15 is 0 Å². The van der Waals surface area contributed by atoms with Crippen molar-refractivity contribution in [2.75, 3.05) is 13.2 Å². The Morgan fingerprint density at radius 1 is 1.38 bits per heavy atom. The zero-order valence-corrected chi connectivity index (χ0v) is 16.2. The van der Waals surface area contributed by atoms with Gasteiger partial charge in [0.25, 0.3) is 5.91 Å². The molecule has 0 radical (unpaired) electrons. The molecule has 1 aliphatic rings. The summed E-state index contributed by atoms with van der Waals surface area (Å²) in [6.45, 7) is 7.87. The monoisotopic (exact) mass is 376 g/mol. The first-order valence-electron chi connectivity index (χ1n) is 8.97. The van der Waals surface area contributed by atoms with E-state index in [2.05, 4.69) is 31.1 Å². The molecular weight excluding hydrogens is 351 g/mol. The Bertz CT molecular complexity index is 769. The molecule has 0 saturated carbocycles. The van der Waals surface area contributed by atoms with Gasteiger partial charge in [0, 0.05) is 24.6 Å². The Morgan fingerprint density at radius 3 is 2.88 bits per heavy atom. The maximum Gasteiger partial charge on any atom is 0.263 e. The van der Waals surface area contributed by atoms with Crippen molar-refractivity contribution in [2.45, 2.75) is 39.7 Å². The number of carbonyl (C=O) groups is 1. The molecule has 1 aromatic heterocycles. The summed E-state index contributed by atoms with van der Waals surface area (Å²) in [5.74, 6) is -0.198. The number of rotatable bonds is 4. The minimum absolute atomic E-state index is 0.0400. The van der Waals surface area contributed by atoms with Crippen LogP contribution in [0.1, 0.15) is 43.3 Å². The molecule has 2 atom stereocenters. The number of carbonyl (C=O) groups excluding carboxylic acids is 1. The summed E-state index contributed by atoms with van der Waals surface area (Å²) in [5, 5.41) is 3.52. The number of nitrogens with zero attached hydrogens (tertiary/aromatic N) is 1. The molecule has 6 heteroatoms. The molecule has 4 nitrogen and oxygen atoms in total. The minimum Gasteiger partial charge on any atom is -0.377 e. The zero-order valence-electron chi connectivity index (χ0n) is 15.4. The number of amides is 1. The number of halogens is 1. The topological polar surface area (TPSA) is 51.2 Å². The van der Waals surface area contributed by atoms with Gasteiger partial charge in [0.15, 0.2) is 0 Å². The standard InChI is InChI=1S/C20H25FN2O2S/c1-20(2,3)17-13(7-6-10-25-17)11-22-18(24)16-12-23-19(26-16)14-8-4-5-9-15(14)21/h4-5,8-9,12-13,17H,6-7,10-11H2,1-3H3,(H,22,24)/t13-,17-/m1/s1. The molecule has 0 aliphatic carbocycles. The Morgan fingerprint density at radius 2 is 2.15 bits per heavy atom. The lowest BCUT2D eigenvalue weighted by molar-refractivity contribution is -0.0839. The molecule has 1 saturated heterocycles. The normalized spacial score (nSPS) is 20.8. The van der Waals surface area contributed by atoms with E-state index in [1.807, 2.05) is 0 Å². The number of nitrogens with one attached hydrogen (secondary N) is 1. The van der Waals surface area contributed by atoms with E-state index in [9.17, 15) is 9.18 Å². The third-order valence-electron chi connectivity index (χ3n) is 4.66. The predicted octanol–water partition coefficient (Wildman–Crippen LogP) is 4.52. The first kappa shape index (κ1) is 19.0. The SMILES string of the molecule is CC(C)(C)[C@@H]1OCCC[C@@H]1CNC(=O)c1cnc(-c2ccccc2F)s1. The number of thiazole rings is 1. The second kappa shape index (κ2) is 7.84. The molecule has 1 amide bonds. The van der Waals surface area contributed by atoms with Crippen molar-refractivity contribution in [3.05, 3.63) is 41.2 Å². The lowest BCUT2D eigenvalue weighted by atomic mass is 9.78. The lowest BCUT2D eigenvalue weighted by Gasteiger charge is -2.40. The highest BCUT2D eigenvalue weighted by atomic mass is 32.1. The van der Waals surface area contributed by atoms with Crippen molar-refractivity contribution < 1.29 is 13.9 Å². The number of benzene rings is 1. The molecular formula is C20H25FN2O2S. The molecule has 0 unspecified atom stereocenters. The van der Waals surface area contributed by atoms with Crippen molar-refractivity contribution in [2.24, 2.45) is 11.3 Å². The number of aromatic nitrogens is 1. The molecule has 140 valence electrons. The van der Waals surface area contributed by atoms with Gasteiger partial charge in [-0.25, -0.2) is 9.37 Å². The second-order valence-corrected chi connectivity index (χ2v) is 8.81. The molecule has 1 fully saturated rings. The summed E-state index contributed by atoms with van der Waals surface area (Å²) in [4.78, 5) is 17.2.